The minimum absolute atomic E-state index is 0.0352. The first kappa shape index (κ1) is 23.1. The first-order valence-corrected chi connectivity index (χ1v) is 12.2. The van der Waals surface area contributed by atoms with Gasteiger partial charge in [0, 0.05) is 39.6 Å². The maximum Gasteiger partial charge on any atom is 0.219 e. The number of amides is 1. The molecule has 1 fully saturated rings. The second-order valence-electron chi connectivity index (χ2n) is 8.29. The van der Waals surface area contributed by atoms with Crippen LogP contribution in [0.2, 0.25) is 0 Å². The smallest absolute Gasteiger partial charge is 0.219 e. The summed E-state index contributed by atoms with van der Waals surface area (Å²) in [4.78, 5) is 24.4. The Morgan fingerprint density at radius 2 is 1.74 bits per heavy atom. The lowest BCUT2D eigenvalue weighted by Crippen LogP contribution is -2.48. The molecule has 1 saturated heterocycles. The molecule has 0 saturated carbocycles. The molecule has 8 nitrogen and oxygen atoms in total. The summed E-state index contributed by atoms with van der Waals surface area (Å²) in [7, 11) is -3.50. The molecule has 1 aliphatic rings. The molecule has 2 aromatic rings. The molecule has 0 N–H and O–H groups in total. The number of nitrogens with zero attached hydrogens (tertiary/aromatic N) is 5. The van der Waals surface area contributed by atoms with Crippen LogP contribution >= 0.6 is 0 Å². The zero-order chi connectivity index (χ0) is 22.4. The van der Waals surface area contributed by atoms with Crippen LogP contribution in [0, 0.1) is 5.92 Å². The van der Waals surface area contributed by atoms with Crippen molar-refractivity contribution >= 4 is 21.7 Å². The van der Waals surface area contributed by atoms with Crippen molar-refractivity contribution in [1.82, 2.24) is 19.2 Å². The molecule has 31 heavy (non-hydrogen) atoms. The Labute approximate surface area is 185 Å². The van der Waals surface area contributed by atoms with Crippen molar-refractivity contribution in [2.24, 2.45) is 5.92 Å². The van der Waals surface area contributed by atoms with Gasteiger partial charge in [-0.25, -0.2) is 13.4 Å². The van der Waals surface area contributed by atoms with Crippen LogP contribution in [0.5, 0.6) is 0 Å². The van der Waals surface area contributed by atoms with Crippen molar-refractivity contribution in [3.63, 3.8) is 0 Å². The molecule has 2 heterocycles. The van der Waals surface area contributed by atoms with E-state index >= 15 is 0 Å². The predicted molar refractivity (Wildman–Crippen MR) is 121 cm³/mol. The van der Waals surface area contributed by atoms with Gasteiger partial charge in [-0.05, 0) is 11.5 Å². The number of piperazine rings is 1. The van der Waals surface area contributed by atoms with E-state index in [0.717, 1.165) is 11.4 Å². The zero-order valence-corrected chi connectivity index (χ0v) is 19.3. The first-order chi connectivity index (χ1) is 14.7. The van der Waals surface area contributed by atoms with Gasteiger partial charge < -0.3 is 9.80 Å². The van der Waals surface area contributed by atoms with Crippen molar-refractivity contribution in [3.8, 4) is 0 Å². The van der Waals surface area contributed by atoms with Gasteiger partial charge in [-0.3, -0.25) is 9.78 Å². The van der Waals surface area contributed by atoms with Gasteiger partial charge in [0.2, 0.25) is 15.9 Å². The highest BCUT2D eigenvalue weighted by Crippen LogP contribution is 2.17. The second kappa shape index (κ2) is 10.2. The van der Waals surface area contributed by atoms with Crippen LogP contribution in [-0.2, 0) is 27.1 Å². The summed E-state index contributed by atoms with van der Waals surface area (Å²) < 4.78 is 27.7. The minimum atomic E-state index is -3.50. The van der Waals surface area contributed by atoms with Crippen LogP contribution in [0.15, 0.2) is 42.7 Å². The molecule has 0 radical (unpaired) electrons. The number of hydrogen-bond donors (Lipinski definition) is 0. The third-order valence-electron chi connectivity index (χ3n) is 5.23. The molecule has 1 aliphatic heterocycles. The molecule has 0 bridgehead atoms. The van der Waals surface area contributed by atoms with E-state index in [0.29, 0.717) is 38.4 Å². The molecular weight excluding hydrogens is 414 g/mol. The molecule has 0 aliphatic carbocycles. The topological polar surface area (TPSA) is 86.7 Å². The lowest BCUT2D eigenvalue weighted by molar-refractivity contribution is -0.129. The number of hydrogen-bond acceptors (Lipinski definition) is 6. The van der Waals surface area contributed by atoms with Gasteiger partial charge in [-0.2, -0.15) is 4.31 Å². The Bertz CT molecular complexity index is 956. The van der Waals surface area contributed by atoms with Crippen molar-refractivity contribution in [2.45, 2.75) is 33.1 Å². The van der Waals surface area contributed by atoms with E-state index in [1.165, 1.54) is 4.31 Å². The number of benzene rings is 1. The van der Waals surface area contributed by atoms with Crippen LogP contribution in [0.3, 0.4) is 0 Å². The molecule has 1 amide bonds. The van der Waals surface area contributed by atoms with Gasteiger partial charge in [-0.15, -0.1) is 0 Å². The van der Waals surface area contributed by atoms with Crippen LogP contribution in [0.4, 0.5) is 5.82 Å². The molecule has 0 unspecified atom stereocenters. The van der Waals surface area contributed by atoms with Gasteiger partial charge >= 0.3 is 0 Å². The Hall–Kier alpha value is -2.52. The molecule has 1 aromatic carbocycles. The van der Waals surface area contributed by atoms with E-state index < -0.39 is 10.0 Å². The SMILES string of the molecule is CC(=O)N1CCN(c2cnc(CN(CC(C)C)S(=O)(=O)Cc3ccccc3)cn2)CC1. The first-order valence-electron chi connectivity index (χ1n) is 10.6. The highest BCUT2D eigenvalue weighted by atomic mass is 32.2. The lowest BCUT2D eigenvalue weighted by Gasteiger charge is -2.34. The fourth-order valence-corrected chi connectivity index (χ4v) is 5.23. The Kier molecular flexibility index (Phi) is 7.61. The summed E-state index contributed by atoms with van der Waals surface area (Å²) in [5, 5.41) is 0. The molecule has 168 valence electrons. The van der Waals surface area contributed by atoms with E-state index in [2.05, 4.69) is 14.9 Å². The number of carbonyl (C=O) groups excluding carboxylic acids is 1. The largest absolute Gasteiger partial charge is 0.352 e. The predicted octanol–water partition coefficient (Wildman–Crippen LogP) is 2.13. The zero-order valence-electron chi connectivity index (χ0n) is 18.4. The quantitative estimate of drug-likeness (QED) is 0.619. The van der Waals surface area contributed by atoms with Crippen molar-refractivity contribution in [3.05, 3.63) is 54.0 Å². The summed E-state index contributed by atoms with van der Waals surface area (Å²) in [5.41, 5.74) is 1.38. The number of aromatic nitrogens is 2. The van der Waals surface area contributed by atoms with Crippen LogP contribution in [0.1, 0.15) is 32.0 Å². The number of carbonyl (C=O) groups is 1. The highest BCUT2D eigenvalue weighted by Gasteiger charge is 2.25. The minimum Gasteiger partial charge on any atom is -0.352 e. The monoisotopic (exact) mass is 445 g/mol. The average molecular weight is 446 g/mol. The van der Waals surface area contributed by atoms with Crippen molar-refractivity contribution < 1.29 is 13.2 Å². The number of sulfonamides is 1. The standard InChI is InChI=1S/C22H31N5O3S/c1-18(2)15-27(31(29,30)17-20-7-5-4-6-8-20)16-21-13-24-22(14-23-21)26-11-9-25(10-12-26)19(3)28/h4-8,13-14,18H,9-12,15-17H2,1-3H3. The number of anilines is 1. The maximum absolute atomic E-state index is 13.1. The van der Waals surface area contributed by atoms with E-state index in [1.54, 1.807) is 19.3 Å². The third-order valence-corrected chi connectivity index (χ3v) is 7.00. The average Bonchev–Trinajstić information content (AvgIpc) is 2.74. The third kappa shape index (κ3) is 6.48. The summed E-state index contributed by atoms with van der Waals surface area (Å²) in [6.45, 7) is 8.94. The van der Waals surface area contributed by atoms with Crippen LogP contribution in [-0.4, -0.2) is 66.2 Å². The number of rotatable bonds is 8. The molecule has 0 atom stereocenters. The van der Waals surface area contributed by atoms with E-state index in [-0.39, 0.29) is 24.1 Å². The molecule has 3 rings (SSSR count). The van der Waals surface area contributed by atoms with Gasteiger partial charge in [-0.1, -0.05) is 44.2 Å². The van der Waals surface area contributed by atoms with Crippen molar-refractivity contribution in [1.29, 1.82) is 0 Å². The summed E-state index contributed by atoms with van der Waals surface area (Å²) in [5.74, 6) is 0.986. The Balaban J connectivity index is 1.68. The molecular formula is C22H31N5O3S. The highest BCUT2D eigenvalue weighted by molar-refractivity contribution is 7.88. The van der Waals surface area contributed by atoms with Gasteiger partial charge in [0.15, 0.2) is 0 Å². The lowest BCUT2D eigenvalue weighted by atomic mass is 10.2. The maximum atomic E-state index is 13.1. The summed E-state index contributed by atoms with van der Waals surface area (Å²) in [6, 6.07) is 9.21. The molecule has 0 spiro atoms. The van der Waals surface area contributed by atoms with Crippen LogP contribution < -0.4 is 4.90 Å². The molecule has 1 aromatic heterocycles. The van der Waals surface area contributed by atoms with Crippen molar-refractivity contribution in [2.75, 3.05) is 37.6 Å². The molecule has 9 heteroatoms. The summed E-state index contributed by atoms with van der Waals surface area (Å²) >= 11 is 0. The van der Waals surface area contributed by atoms with Crippen LogP contribution in [0.25, 0.3) is 0 Å². The van der Waals surface area contributed by atoms with Gasteiger partial charge in [0.25, 0.3) is 0 Å². The van der Waals surface area contributed by atoms with E-state index in [9.17, 15) is 13.2 Å². The van der Waals surface area contributed by atoms with Gasteiger partial charge in [0.05, 0.1) is 30.4 Å². The van der Waals surface area contributed by atoms with Gasteiger partial charge in [0.1, 0.15) is 5.82 Å². The second-order valence-corrected chi connectivity index (χ2v) is 10.3. The Morgan fingerprint density at radius 3 is 2.29 bits per heavy atom. The van der Waals surface area contributed by atoms with E-state index in [1.807, 2.05) is 49.1 Å². The fourth-order valence-electron chi connectivity index (χ4n) is 3.58. The fraction of sp³-hybridized carbons (Fsp3) is 0.500. The normalized spacial score (nSPS) is 15.0. The summed E-state index contributed by atoms with van der Waals surface area (Å²) in [6.07, 6.45) is 3.34. The Morgan fingerprint density at radius 1 is 1.06 bits per heavy atom. The van der Waals surface area contributed by atoms with E-state index in [4.69, 9.17) is 0 Å².